The van der Waals surface area contributed by atoms with Crippen molar-refractivity contribution in [3.05, 3.63) is 95.6 Å². The van der Waals surface area contributed by atoms with Crippen molar-refractivity contribution < 1.29 is 14.0 Å². The van der Waals surface area contributed by atoms with Gasteiger partial charge in [0.25, 0.3) is 0 Å². The first-order valence-electron chi connectivity index (χ1n) is 11.1. The number of para-hydroxylation sites is 1. The van der Waals surface area contributed by atoms with Crippen LogP contribution in [-0.4, -0.2) is 28.9 Å². The molecular weight excluding hydrogens is 416 g/mol. The highest BCUT2D eigenvalue weighted by Gasteiger charge is 2.29. The van der Waals surface area contributed by atoms with Crippen LogP contribution < -0.4 is 16.0 Å². The summed E-state index contributed by atoms with van der Waals surface area (Å²) in [6.45, 7) is 0.896. The molecule has 0 radical (unpaired) electrons. The van der Waals surface area contributed by atoms with Gasteiger partial charge in [0, 0.05) is 30.1 Å². The number of amides is 2. The molecule has 0 saturated heterocycles. The monoisotopic (exact) mass is 442 g/mol. The molecule has 2 amide bonds. The number of H-pyrrole nitrogens is 1. The van der Waals surface area contributed by atoms with Crippen LogP contribution in [0.1, 0.15) is 22.5 Å². The van der Waals surface area contributed by atoms with E-state index in [9.17, 15) is 9.59 Å². The molecule has 4 N–H and O–H groups in total. The lowest BCUT2D eigenvalue weighted by Crippen LogP contribution is -2.54. The number of fused-ring (bicyclic) bond motifs is 2. The maximum absolute atomic E-state index is 13.2. The summed E-state index contributed by atoms with van der Waals surface area (Å²) in [5.74, 6) is 0.231. The zero-order valence-electron chi connectivity index (χ0n) is 18.1. The molecule has 33 heavy (non-hydrogen) atoms. The number of benzene rings is 2. The molecule has 0 aliphatic carbocycles. The SMILES string of the molecule is O=C(NC(Cc1c[nH]c2ccccc12)C(=O)NCc1ccco1)C1Cc2ccccc2CN1. The summed E-state index contributed by atoms with van der Waals surface area (Å²) in [7, 11) is 0. The van der Waals surface area contributed by atoms with E-state index >= 15 is 0 Å². The minimum atomic E-state index is -0.717. The van der Waals surface area contributed by atoms with Gasteiger partial charge in [0.15, 0.2) is 0 Å². The van der Waals surface area contributed by atoms with Crippen molar-refractivity contribution in [3.63, 3.8) is 0 Å². The zero-order chi connectivity index (χ0) is 22.6. The van der Waals surface area contributed by atoms with E-state index in [1.165, 1.54) is 5.56 Å². The van der Waals surface area contributed by atoms with Gasteiger partial charge in [-0.3, -0.25) is 9.59 Å². The standard InChI is InChI=1S/C26H26N4O3/c31-25(29-16-20-8-5-11-33-20)24(13-19-15-27-22-10-4-3-9-21(19)22)30-26(32)23-12-17-6-1-2-7-18(17)14-28-23/h1-11,15,23-24,27-28H,12-14,16H2,(H,29,31)(H,30,32). The number of carbonyl (C=O) groups is 2. The minimum absolute atomic E-state index is 0.178. The third kappa shape index (κ3) is 4.68. The topological polar surface area (TPSA) is 99.2 Å². The smallest absolute Gasteiger partial charge is 0.243 e. The molecule has 0 spiro atoms. The van der Waals surface area contributed by atoms with E-state index in [0.29, 0.717) is 25.1 Å². The van der Waals surface area contributed by atoms with Gasteiger partial charge in [0.2, 0.25) is 11.8 Å². The highest BCUT2D eigenvalue weighted by atomic mass is 16.3. The average molecular weight is 443 g/mol. The predicted molar refractivity (Wildman–Crippen MR) is 125 cm³/mol. The number of hydrogen-bond acceptors (Lipinski definition) is 4. The first kappa shape index (κ1) is 21.0. The fourth-order valence-electron chi connectivity index (χ4n) is 4.35. The number of nitrogens with one attached hydrogen (secondary N) is 4. The van der Waals surface area contributed by atoms with Gasteiger partial charge >= 0.3 is 0 Å². The summed E-state index contributed by atoms with van der Waals surface area (Å²) >= 11 is 0. The van der Waals surface area contributed by atoms with Crippen LogP contribution in [0.2, 0.25) is 0 Å². The van der Waals surface area contributed by atoms with E-state index in [-0.39, 0.29) is 24.4 Å². The molecule has 2 aromatic carbocycles. The Balaban J connectivity index is 1.32. The Hall–Kier alpha value is -3.84. The Bertz CT molecular complexity index is 1260. The molecule has 1 aliphatic rings. The van der Waals surface area contributed by atoms with Crippen LogP contribution in [0, 0.1) is 0 Å². The molecule has 7 heteroatoms. The molecular formula is C26H26N4O3. The molecule has 1 aliphatic heterocycles. The van der Waals surface area contributed by atoms with E-state index in [0.717, 1.165) is 22.0 Å². The molecule has 0 fully saturated rings. The van der Waals surface area contributed by atoms with E-state index in [2.05, 4.69) is 33.1 Å². The lowest BCUT2D eigenvalue weighted by molar-refractivity contribution is -0.130. The third-order valence-corrected chi connectivity index (χ3v) is 6.15. The van der Waals surface area contributed by atoms with Crippen LogP contribution in [0.25, 0.3) is 10.9 Å². The molecule has 168 valence electrons. The van der Waals surface area contributed by atoms with Crippen LogP contribution >= 0.6 is 0 Å². The number of hydrogen-bond donors (Lipinski definition) is 4. The van der Waals surface area contributed by atoms with Crippen LogP contribution in [0.5, 0.6) is 0 Å². The second-order valence-electron chi connectivity index (χ2n) is 8.33. The van der Waals surface area contributed by atoms with Crippen LogP contribution in [0.15, 0.2) is 77.5 Å². The Morgan fingerprint density at radius 3 is 2.70 bits per heavy atom. The lowest BCUT2D eigenvalue weighted by atomic mass is 9.95. The summed E-state index contributed by atoms with van der Waals surface area (Å²) < 4.78 is 5.32. The average Bonchev–Trinajstić information content (AvgIpc) is 3.52. The Morgan fingerprint density at radius 2 is 1.85 bits per heavy atom. The van der Waals surface area contributed by atoms with Crippen molar-refractivity contribution in [2.24, 2.45) is 0 Å². The molecule has 2 atom stereocenters. The normalized spacial score (nSPS) is 16.2. The second kappa shape index (κ2) is 9.34. The number of furan rings is 1. The number of aromatic amines is 1. The maximum atomic E-state index is 13.2. The van der Waals surface area contributed by atoms with Crippen molar-refractivity contribution >= 4 is 22.7 Å². The van der Waals surface area contributed by atoms with Gasteiger partial charge < -0.3 is 25.4 Å². The first-order valence-corrected chi connectivity index (χ1v) is 11.1. The fraction of sp³-hybridized carbons (Fsp3) is 0.231. The van der Waals surface area contributed by atoms with Crippen molar-refractivity contribution in [2.45, 2.75) is 38.0 Å². The summed E-state index contributed by atoms with van der Waals surface area (Å²) in [6, 6.07) is 18.5. The zero-order valence-corrected chi connectivity index (χ0v) is 18.1. The Kier molecular flexibility index (Phi) is 5.95. The molecule has 2 unspecified atom stereocenters. The quantitative estimate of drug-likeness (QED) is 0.354. The van der Waals surface area contributed by atoms with E-state index in [1.807, 2.05) is 42.6 Å². The molecule has 0 bridgehead atoms. The molecule has 3 heterocycles. The fourth-order valence-corrected chi connectivity index (χ4v) is 4.35. The van der Waals surface area contributed by atoms with Gasteiger partial charge in [-0.05, 0) is 41.3 Å². The van der Waals surface area contributed by atoms with Gasteiger partial charge in [-0.25, -0.2) is 0 Å². The van der Waals surface area contributed by atoms with Crippen LogP contribution in [0.4, 0.5) is 0 Å². The second-order valence-corrected chi connectivity index (χ2v) is 8.33. The van der Waals surface area contributed by atoms with E-state index in [1.54, 1.807) is 18.4 Å². The van der Waals surface area contributed by atoms with E-state index < -0.39 is 6.04 Å². The highest BCUT2D eigenvalue weighted by molar-refractivity contribution is 5.91. The van der Waals surface area contributed by atoms with Crippen LogP contribution in [-0.2, 0) is 35.5 Å². The summed E-state index contributed by atoms with van der Waals surface area (Å²) in [6.07, 6.45) is 4.44. The molecule has 7 nitrogen and oxygen atoms in total. The minimum Gasteiger partial charge on any atom is -0.467 e. The largest absolute Gasteiger partial charge is 0.467 e. The Morgan fingerprint density at radius 1 is 1.03 bits per heavy atom. The predicted octanol–water partition coefficient (Wildman–Crippen LogP) is 2.82. The Labute approximate surface area is 191 Å². The highest BCUT2D eigenvalue weighted by Crippen LogP contribution is 2.20. The van der Waals surface area contributed by atoms with Gasteiger partial charge in [-0.1, -0.05) is 42.5 Å². The van der Waals surface area contributed by atoms with Gasteiger partial charge in [-0.15, -0.1) is 0 Å². The van der Waals surface area contributed by atoms with Gasteiger partial charge in [-0.2, -0.15) is 0 Å². The van der Waals surface area contributed by atoms with Crippen molar-refractivity contribution in [1.82, 2.24) is 20.9 Å². The van der Waals surface area contributed by atoms with Gasteiger partial charge in [0.1, 0.15) is 11.8 Å². The van der Waals surface area contributed by atoms with Gasteiger partial charge in [0.05, 0.1) is 18.8 Å². The first-order chi connectivity index (χ1) is 16.2. The number of carbonyl (C=O) groups excluding carboxylic acids is 2. The summed E-state index contributed by atoms with van der Waals surface area (Å²) in [5, 5.41) is 10.2. The summed E-state index contributed by atoms with van der Waals surface area (Å²) in [5.41, 5.74) is 4.34. The lowest BCUT2D eigenvalue weighted by Gasteiger charge is -2.27. The van der Waals surface area contributed by atoms with Crippen molar-refractivity contribution in [3.8, 4) is 0 Å². The molecule has 2 aromatic heterocycles. The summed E-state index contributed by atoms with van der Waals surface area (Å²) in [4.78, 5) is 29.5. The molecule has 5 rings (SSSR count). The van der Waals surface area contributed by atoms with Crippen molar-refractivity contribution in [1.29, 1.82) is 0 Å². The van der Waals surface area contributed by atoms with Crippen LogP contribution in [0.3, 0.4) is 0 Å². The molecule has 4 aromatic rings. The third-order valence-electron chi connectivity index (χ3n) is 6.15. The number of rotatable bonds is 7. The maximum Gasteiger partial charge on any atom is 0.243 e. The van der Waals surface area contributed by atoms with Crippen molar-refractivity contribution in [2.75, 3.05) is 0 Å². The number of aromatic nitrogens is 1. The van der Waals surface area contributed by atoms with E-state index in [4.69, 9.17) is 4.42 Å². The molecule has 0 saturated carbocycles.